The van der Waals surface area contributed by atoms with Crippen molar-refractivity contribution in [2.75, 3.05) is 18.6 Å². The Morgan fingerprint density at radius 3 is 2.57 bits per heavy atom. The van der Waals surface area contributed by atoms with Crippen molar-refractivity contribution < 1.29 is 14.5 Å². The van der Waals surface area contributed by atoms with Crippen LogP contribution in [0.1, 0.15) is 23.6 Å². The smallest absolute Gasteiger partial charge is 0.297 e. The summed E-state index contributed by atoms with van der Waals surface area (Å²) in [7, 11) is 1.56. The second-order valence-corrected chi connectivity index (χ2v) is 5.99. The first kappa shape index (κ1) is 15.9. The summed E-state index contributed by atoms with van der Waals surface area (Å²) in [5.74, 6) is -0.208. The van der Waals surface area contributed by atoms with Crippen molar-refractivity contribution >= 4 is 33.2 Å². The molecule has 1 aromatic carbocycles. The number of nitro groups is 1. The van der Waals surface area contributed by atoms with Crippen LogP contribution in [-0.4, -0.2) is 30.6 Å². The number of benzene rings is 1. The largest absolute Gasteiger partial charge is 0.383 e. The highest BCUT2D eigenvalue weighted by Crippen LogP contribution is 2.47. The van der Waals surface area contributed by atoms with Gasteiger partial charge in [-0.1, -0.05) is 0 Å². The van der Waals surface area contributed by atoms with Gasteiger partial charge in [0, 0.05) is 24.1 Å². The first-order valence-corrected chi connectivity index (χ1v) is 7.35. The molecule has 0 saturated heterocycles. The van der Waals surface area contributed by atoms with E-state index in [1.54, 1.807) is 14.0 Å². The number of nitrogens with zero attached hydrogens (tertiary/aromatic N) is 2. The highest BCUT2D eigenvalue weighted by Gasteiger charge is 2.40. The van der Waals surface area contributed by atoms with Crippen LogP contribution in [0, 0.1) is 24.0 Å². The maximum absolute atomic E-state index is 12.0. The van der Waals surface area contributed by atoms with E-state index in [0.29, 0.717) is 24.3 Å². The fraction of sp³-hybridized carbons (Fsp3) is 0.500. The molecule has 7 heteroatoms. The lowest BCUT2D eigenvalue weighted by molar-refractivity contribution is -0.384. The molecule has 0 radical (unpaired) electrons. The minimum Gasteiger partial charge on any atom is -0.383 e. The predicted octanol–water partition coefficient (Wildman–Crippen LogP) is 2.90. The molecule has 6 nitrogen and oxygen atoms in total. The number of carbonyl (C=O) groups is 1. The van der Waals surface area contributed by atoms with Crippen LogP contribution in [-0.2, 0) is 16.0 Å². The molecular weight excluding hydrogens is 340 g/mol. The molecule has 0 aromatic heterocycles. The number of hydrogen-bond acceptors (Lipinski definition) is 4. The number of methoxy groups -OCH3 is 1. The lowest BCUT2D eigenvalue weighted by Crippen LogP contribution is -2.39. The van der Waals surface area contributed by atoms with E-state index in [-0.39, 0.29) is 17.6 Å². The minimum atomic E-state index is -0.413. The predicted molar refractivity (Wildman–Crippen MR) is 82.8 cm³/mol. The maximum atomic E-state index is 12.0. The van der Waals surface area contributed by atoms with Crippen LogP contribution < -0.4 is 4.90 Å². The van der Waals surface area contributed by atoms with Crippen molar-refractivity contribution in [3.8, 4) is 0 Å². The van der Waals surface area contributed by atoms with E-state index in [9.17, 15) is 14.9 Å². The van der Waals surface area contributed by atoms with Crippen LogP contribution in [0.5, 0.6) is 0 Å². The Bertz CT molecular complexity index is 630. The molecule has 1 aliphatic rings. The zero-order valence-electron chi connectivity index (χ0n) is 12.4. The summed E-state index contributed by atoms with van der Waals surface area (Å²) < 4.78 is 5.89. The molecule has 21 heavy (non-hydrogen) atoms. The number of hydrogen-bond donors (Lipinski definition) is 0. The van der Waals surface area contributed by atoms with Crippen LogP contribution >= 0.6 is 15.9 Å². The first-order valence-electron chi connectivity index (χ1n) is 6.55. The van der Waals surface area contributed by atoms with Crippen LogP contribution in [0.15, 0.2) is 4.47 Å². The summed E-state index contributed by atoms with van der Waals surface area (Å²) in [6.45, 7) is 5.38. The van der Waals surface area contributed by atoms with Gasteiger partial charge in [-0.05, 0) is 47.3 Å². The SMILES string of the molecule is COCC1Cc2c(C)c(Br)c(C)c([N+](=O)[O-])c2N1C(C)=O. The van der Waals surface area contributed by atoms with Gasteiger partial charge in [-0.3, -0.25) is 14.9 Å². The third kappa shape index (κ3) is 2.44. The van der Waals surface area contributed by atoms with Gasteiger partial charge in [-0.25, -0.2) is 0 Å². The van der Waals surface area contributed by atoms with Crippen LogP contribution in [0.4, 0.5) is 11.4 Å². The molecule has 2 rings (SSSR count). The van der Waals surface area contributed by atoms with E-state index in [2.05, 4.69) is 15.9 Å². The summed E-state index contributed by atoms with van der Waals surface area (Å²) in [5, 5.41) is 11.5. The number of fused-ring (bicyclic) bond motifs is 1. The van der Waals surface area contributed by atoms with Gasteiger partial charge >= 0.3 is 0 Å². The summed E-state index contributed by atoms with van der Waals surface area (Å²) in [6, 6.07) is -0.200. The molecule has 1 unspecified atom stereocenters. The first-order chi connectivity index (χ1) is 9.81. The number of anilines is 1. The summed E-state index contributed by atoms with van der Waals surface area (Å²) in [5.41, 5.74) is 2.75. The Hall–Kier alpha value is -1.47. The third-order valence-corrected chi connectivity index (χ3v) is 5.09. The van der Waals surface area contributed by atoms with E-state index in [4.69, 9.17) is 4.74 Å². The van der Waals surface area contributed by atoms with Crippen molar-refractivity contribution in [2.45, 2.75) is 33.2 Å². The average molecular weight is 357 g/mol. The Labute approximate surface area is 131 Å². The zero-order chi connectivity index (χ0) is 15.9. The topological polar surface area (TPSA) is 72.7 Å². The van der Waals surface area contributed by atoms with Crippen molar-refractivity contribution in [2.24, 2.45) is 0 Å². The van der Waals surface area contributed by atoms with Crippen molar-refractivity contribution in [1.82, 2.24) is 0 Å². The van der Waals surface area contributed by atoms with Crippen LogP contribution in [0.2, 0.25) is 0 Å². The molecule has 0 saturated carbocycles. The van der Waals surface area contributed by atoms with Crippen molar-refractivity contribution in [3.05, 3.63) is 31.3 Å². The standard InChI is InChI=1S/C14H17BrN2O4/c1-7-11-5-10(6-21-4)16(9(3)18)14(11)13(17(19)20)8(2)12(7)15/h10H,5-6H2,1-4H3. The van der Waals surface area contributed by atoms with Gasteiger partial charge in [0.25, 0.3) is 5.69 Å². The molecule has 0 fully saturated rings. The molecule has 114 valence electrons. The lowest BCUT2D eigenvalue weighted by Gasteiger charge is -2.23. The quantitative estimate of drug-likeness (QED) is 0.616. The number of halogens is 1. The van der Waals surface area contributed by atoms with Gasteiger partial charge in [-0.15, -0.1) is 0 Å². The molecule has 0 spiro atoms. The summed E-state index contributed by atoms with van der Waals surface area (Å²) >= 11 is 3.43. The number of ether oxygens (including phenoxy) is 1. The Kier molecular flexibility index (Phi) is 4.34. The molecule has 1 heterocycles. The van der Waals surface area contributed by atoms with E-state index >= 15 is 0 Å². The second-order valence-electron chi connectivity index (χ2n) is 5.20. The molecule has 1 aromatic rings. The average Bonchev–Trinajstić information content (AvgIpc) is 2.75. The normalized spacial score (nSPS) is 17.0. The number of nitro benzene ring substituents is 1. The summed E-state index contributed by atoms with van der Waals surface area (Å²) in [4.78, 5) is 24.6. The molecule has 0 aliphatic carbocycles. The fourth-order valence-corrected chi connectivity index (χ4v) is 3.43. The van der Waals surface area contributed by atoms with E-state index in [0.717, 1.165) is 15.6 Å². The van der Waals surface area contributed by atoms with Gasteiger partial charge in [0.15, 0.2) is 0 Å². The van der Waals surface area contributed by atoms with Gasteiger partial charge in [-0.2, -0.15) is 0 Å². The highest BCUT2D eigenvalue weighted by atomic mass is 79.9. The minimum absolute atomic E-state index is 0.00345. The van der Waals surface area contributed by atoms with Crippen molar-refractivity contribution in [3.63, 3.8) is 0 Å². The number of rotatable bonds is 3. The van der Waals surface area contributed by atoms with Crippen molar-refractivity contribution in [1.29, 1.82) is 0 Å². The fourth-order valence-electron chi connectivity index (χ4n) is 3.00. The van der Waals surface area contributed by atoms with Gasteiger partial charge in [0.1, 0.15) is 5.69 Å². The summed E-state index contributed by atoms with van der Waals surface area (Å²) in [6.07, 6.45) is 0.564. The van der Waals surface area contributed by atoms with Crippen LogP contribution in [0.25, 0.3) is 0 Å². The lowest BCUT2D eigenvalue weighted by atomic mass is 10.00. The van der Waals surface area contributed by atoms with E-state index in [1.807, 2.05) is 6.92 Å². The zero-order valence-corrected chi connectivity index (χ0v) is 14.0. The Morgan fingerprint density at radius 1 is 1.48 bits per heavy atom. The molecule has 1 aliphatic heterocycles. The monoisotopic (exact) mass is 356 g/mol. The van der Waals surface area contributed by atoms with Gasteiger partial charge in [0.05, 0.1) is 17.6 Å². The maximum Gasteiger partial charge on any atom is 0.297 e. The van der Waals surface area contributed by atoms with E-state index < -0.39 is 4.92 Å². The second kappa shape index (κ2) is 5.73. The third-order valence-electron chi connectivity index (χ3n) is 3.90. The Balaban J connectivity index is 2.76. The molecular formula is C14H17BrN2O4. The number of amides is 1. The highest BCUT2D eigenvalue weighted by molar-refractivity contribution is 9.10. The molecule has 1 atom stereocenters. The van der Waals surface area contributed by atoms with Gasteiger partial charge in [0.2, 0.25) is 5.91 Å². The Morgan fingerprint density at radius 2 is 2.10 bits per heavy atom. The molecule has 0 N–H and O–H groups in total. The van der Waals surface area contributed by atoms with Crippen LogP contribution in [0.3, 0.4) is 0 Å². The molecule has 1 amide bonds. The number of carbonyl (C=O) groups excluding carboxylic acids is 1. The van der Waals surface area contributed by atoms with E-state index in [1.165, 1.54) is 11.8 Å². The van der Waals surface area contributed by atoms with Gasteiger partial charge < -0.3 is 9.64 Å². The molecule has 0 bridgehead atoms.